The molecule has 0 fully saturated rings. The van der Waals surface area contributed by atoms with Gasteiger partial charge >= 0.3 is 5.69 Å². The highest BCUT2D eigenvalue weighted by Gasteiger charge is 2.27. The van der Waals surface area contributed by atoms with Gasteiger partial charge in [-0.25, -0.2) is 4.79 Å². The van der Waals surface area contributed by atoms with Gasteiger partial charge in [0.2, 0.25) is 0 Å². The van der Waals surface area contributed by atoms with Crippen LogP contribution >= 0.6 is 0 Å². The highest BCUT2D eigenvalue weighted by Crippen LogP contribution is 2.32. The molecule has 0 saturated carbocycles. The number of nitrogen functional groups attached to an aromatic ring is 1. The minimum absolute atomic E-state index is 0.0560. The van der Waals surface area contributed by atoms with E-state index in [0.29, 0.717) is 43.4 Å². The number of nitrogens with zero attached hydrogens (tertiary/aromatic N) is 2. The molecule has 1 aliphatic heterocycles. The van der Waals surface area contributed by atoms with E-state index in [4.69, 9.17) is 19.6 Å². The zero-order valence-corrected chi connectivity index (χ0v) is 17.6. The van der Waals surface area contributed by atoms with Crippen molar-refractivity contribution in [2.75, 3.05) is 23.8 Å². The molecule has 3 N–H and O–H groups in total. The number of rotatable bonds is 7. The molecule has 0 bridgehead atoms. The number of aromatic amines is 1. The van der Waals surface area contributed by atoms with Crippen LogP contribution in [0.5, 0.6) is 11.5 Å². The van der Waals surface area contributed by atoms with Crippen LogP contribution in [0.2, 0.25) is 0 Å². The highest BCUT2D eigenvalue weighted by atomic mass is 16.6. The van der Waals surface area contributed by atoms with Crippen molar-refractivity contribution < 1.29 is 18.7 Å². The fourth-order valence-electron chi connectivity index (χ4n) is 3.52. The lowest BCUT2D eigenvalue weighted by atomic mass is 10.1. The number of H-pyrrole nitrogens is 1. The normalized spacial score (nSPS) is 12.5. The van der Waals surface area contributed by atoms with Crippen molar-refractivity contribution in [3.8, 4) is 11.5 Å². The summed E-state index contributed by atoms with van der Waals surface area (Å²) in [5.74, 6) is 0.840. The molecule has 4 rings (SSSR count). The predicted octanol–water partition coefficient (Wildman–Crippen LogP) is 2.13. The van der Waals surface area contributed by atoms with Gasteiger partial charge in [0.25, 0.3) is 11.5 Å². The standard InChI is InChI=1S/C22H24N4O6/c1-2-3-8-25-19(23)18(20(27)24-22(25)29)26(13-15-5-4-9-30-15)21(28)14-6-7-16-17(12-14)32-11-10-31-16/h4-7,9,12H,2-3,8,10-11,13,23H2,1H3,(H,24,27,29). The number of furan rings is 1. The fraction of sp³-hybridized carbons (Fsp3) is 0.318. The van der Waals surface area contributed by atoms with E-state index in [0.717, 1.165) is 6.42 Å². The van der Waals surface area contributed by atoms with Gasteiger partial charge in [-0.1, -0.05) is 13.3 Å². The molecule has 1 amide bonds. The Hall–Kier alpha value is -3.95. The first-order valence-corrected chi connectivity index (χ1v) is 10.4. The summed E-state index contributed by atoms with van der Waals surface area (Å²) in [7, 11) is 0. The molecule has 3 aromatic rings. The van der Waals surface area contributed by atoms with E-state index in [2.05, 4.69) is 4.98 Å². The molecule has 10 heteroatoms. The maximum absolute atomic E-state index is 13.6. The molecule has 10 nitrogen and oxygen atoms in total. The van der Waals surface area contributed by atoms with Gasteiger partial charge in [0, 0.05) is 12.1 Å². The lowest BCUT2D eigenvalue weighted by molar-refractivity contribution is 0.0981. The Morgan fingerprint density at radius 2 is 1.97 bits per heavy atom. The topological polar surface area (TPSA) is 133 Å². The van der Waals surface area contributed by atoms with E-state index in [1.165, 1.54) is 15.7 Å². The van der Waals surface area contributed by atoms with Gasteiger partial charge in [0.15, 0.2) is 17.2 Å². The fourth-order valence-corrected chi connectivity index (χ4v) is 3.52. The second-order valence-electron chi connectivity index (χ2n) is 7.33. The van der Waals surface area contributed by atoms with Gasteiger partial charge in [-0.15, -0.1) is 0 Å². The average Bonchev–Trinajstić information content (AvgIpc) is 3.30. The number of amides is 1. The molecule has 0 radical (unpaired) electrons. The smallest absolute Gasteiger partial charge is 0.330 e. The predicted molar refractivity (Wildman–Crippen MR) is 117 cm³/mol. The van der Waals surface area contributed by atoms with Gasteiger partial charge in [-0.3, -0.25) is 24.0 Å². The Kier molecular flexibility index (Phi) is 6.02. The highest BCUT2D eigenvalue weighted by molar-refractivity contribution is 6.07. The minimum Gasteiger partial charge on any atom is -0.486 e. The van der Waals surface area contributed by atoms with Crippen molar-refractivity contribution >= 4 is 17.4 Å². The molecule has 2 aromatic heterocycles. The van der Waals surface area contributed by atoms with Crippen LogP contribution in [-0.4, -0.2) is 28.7 Å². The van der Waals surface area contributed by atoms with Crippen LogP contribution in [0.4, 0.5) is 11.5 Å². The van der Waals surface area contributed by atoms with Crippen molar-refractivity contribution in [3.63, 3.8) is 0 Å². The molecule has 1 aromatic carbocycles. The molecule has 0 spiro atoms. The molecular weight excluding hydrogens is 416 g/mol. The van der Waals surface area contributed by atoms with Gasteiger partial charge in [-0.2, -0.15) is 0 Å². The Labute approximate surface area is 183 Å². The average molecular weight is 440 g/mol. The summed E-state index contributed by atoms with van der Waals surface area (Å²) in [6, 6.07) is 8.15. The zero-order chi connectivity index (χ0) is 22.7. The first-order chi connectivity index (χ1) is 15.5. The van der Waals surface area contributed by atoms with Crippen LogP contribution in [0.15, 0.2) is 50.6 Å². The lowest BCUT2D eigenvalue weighted by Crippen LogP contribution is -2.41. The van der Waals surface area contributed by atoms with Gasteiger partial charge in [-0.05, 0) is 36.8 Å². The van der Waals surface area contributed by atoms with Crippen molar-refractivity contribution in [1.82, 2.24) is 9.55 Å². The number of aromatic nitrogens is 2. The summed E-state index contributed by atoms with van der Waals surface area (Å²) in [5.41, 5.74) is 5.04. The monoisotopic (exact) mass is 440 g/mol. The van der Waals surface area contributed by atoms with Crippen molar-refractivity contribution in [2.45, 2.75) is 32.9 Å². The van der Waals surface area contributed by atoms with E-state index in [9.17, 15) is 14.4 Å². The Bertz CT molecular complexity index is 1230. The van der Waals surface area contributed by atoms with E-state index < -0.39 is 17.2 Å². The summed E-state index contributed by atoms with van der Waals surface area (Å²) < 4.78 is 17.8. The van der Waals surface area contributed by atoms with Crippen molar-refractivity contribution in [2.24, 2.45) is 0 Å². The molecule has 0 atom stereocenters. The number of anilines is 2. The second kappa shape index (κ2) is 9.04. The first-order valence-electron chi connectivity index (χ1n) is 10.4. The number of hydrogen-bond acceptors (Lipinski definition) is 7. The van der Waals surface area contributed by atoms with Gasteiger partial charge in [0.05, 0.1) is 12.8 Å². The summed E-state index contributed by atoms with van der Waals surface area (Å²) in [5, 5.41) is 0. The Morgan fingerprint density at radius 1 is 1.19 bits per heavy atom. The number of nitrogens with one attached hydrogen (secondary N) is 1. The van der Waals surface area contributed by atoms with E-state index in [1.54, 1.807) is 30.3 Å². The number of fused-ring (bicyclic) bond motifs is 1. The van der Waals surface area contributed by atoms with Crippen LogP contribution in [0.3, 0.4) is 0 Å². The zero-order valence-electron chi connectivity index (χ0n) is 17.6. The molecule has 1 aliphatic rings. The minimum atomic E-state index is -0.752. The van der Waals surface area contributed by atoms with Crippen molar-refractivity contribution in [1.29, 1.82) is 0 Å². The number of nitrogens with two attached hydrogens (primary N) is 1. The third-order valence-electron chi connectivity index (χ3n) is 5.15. The molecule has 0 saturated heterocycles. The number of carbonyl (C=O) groups is 1. The second-order valence-corrected chi connectivity index (χ2v) is 7.33. The van der Waals surface area contributed by atoms with Crippen LogP contribution in [-0.2, 0) is 13.1 Å². The molecule has 0 aliphatic carbocycles. The van der Waals surface area contributed by atoms with E-state index in [-0.39, 0.29) is 23.6 Å². The summed E-state index contributed by atoms with van der Waals surface area (Å²) in [6.45, 7) is 3.03. The van der Waals surface area contributed by atoms with Crippen LogP contribution in [0.1, 0.15) is 35.9 Å². The van der Waals surface area contributed by atoms with Gasteiger partial charge < -0.3 is 19.6 Å². The summed E-state index contributed by atoms with van der Waals surface area (Å²) in [4.78, 5) is 42.2. The largest absolute Gasteiger partial charge is 0.486 e. The summed E-state index contributed by atoms with van der Waals surface area (Å²) in [6.07, 6.45) is 2.98. The maximum atomic E-state index is 13.6. The number of hydrogen-bond donors (Lipinski definition) is 2. The van der Waals surface area contributed by atoms with E-state index >= 15 is 0 Å². The third kappa shape index (κ3) is 4.11. The molecule has 32 heavy (non-hydrogen) atoms. The molecule has 3 heterocycles. The van der Waals surface area contributed by atoms with Crippen molar-refractivity contribution in [3.05, 3.63) is 68.8 Å². The van der Waals surface area contributed by atoms with Crippen LogP contribution in [0, 0.1) is 0 Å². The molecule has 0 unspecified atom stereocenters. The van der Waals surface area contributed by atoms with Gasteiger partial charge in [0.1, 0.15) is 24.8 Å². The number of ether oxygens (including phenoxy) is 2. The van der Waals surface area contributed by atoms with Crippen LogP contribution < -0.4 is 31.4 Å². The lowest BCUT2D eigenvalue weighted by Gasteiger charge is -2.25. The third-order valence-corrected chi connectivity index (χ3v) is 5.15. The Morgan fingerprint density at radius 3 is 2.69 bits per heavy atom. The summed E-state index contributed by atoms with van der Waals surface area (Å²) >= 11 is 0. The Balaban J connectivity index is 1.81. The number of unbranched alkanes of at least 4 members (excludes halogenated alkanes) is 1. The number of carbonyl (C=O) groups excluding carboxylic acids is 1. The first kappa shape index (κ1) is 21.3. The quantitative estimate of drug-likeness (QED) is 0.575. The molecular formula is C22H24N4O6. The molecule has 168 valence electrons. The number of benzene rings is 1. The maximum Gasteiger partial charge on any atom is 0.330 e. The van der Waals surface area contributed by atoms with E-state index in [1.807, 2.05) is 6.92 Å². The SMILES string of the molecule is CCCCn1c(N)c(N(Cc2ccco2)C(=O)c2ccc3c(c2)OCCO3)c(=O)[nH]c1=O. The van der Waals surface area contributed by atoms with Crippen LogP contribution in [0.25, 0.3) is 0 Å².